The van der Waals surface area contributed by atoms with Crippen LogP contribution in [0, 0.1) is 11.8 Å². The number of ether oxygens (including phenoxy) is 2. The third-order valence-electron chi connectivity index (χ3n) is 12.4. The Balaban J connectivity index is 1.98. The van der Waals surface area contributed by atoms with Gasteiger partial charge < -0.3 is 0 Å². The summed E-state index contributed by atoms with van der Waals surface area (Å²) in [6, 6.07) is 14.9. The molecule has 2 heterocycles. The van der Waals surface area contributed by atoms with Gasteiger partial charge in [0.25, 0.3) is 0 Å². The van der Waals surface area contributed by atoms with Gasteiger partial charge in [-0.3, -0.25) is 0 Å². The molecule has 6 heteroatoms. The van der Waals surface area contributed by atoms with Gasteiger partial charge in [0, 0.05) is 0 Å². The van der Waals surface area contributed by atoms with E-state index in [0.29, 0.717) is 34.9 Å². The molecule has 2 aromatic heterocycles. The molecule has 2 atom stereocenters. The van der Waals surface area contributed by atoms with Crippen molar-refractivity contribution in [2.24, 2.45) is 11.8 Å². The quantitative estimate of drug-likeness (QED) is 0.0432. The Morgan fingerprint density at radius 3 is 1.17 bits per heavy atom. The van der Waals surface area contributed by atoms with Gasteiger partial charge in [0.2, 0.25) is 0 Å². The van der Waals surface area contributed by atoms with Crippen LogP contribution in [0.1, 0.15) is 188 Å². The van der Waals surface area contributed by atoms with Crippen LogP contribution < -0.4 is 14.4 Å². The molecule has 3 aromatic rings. The minimum absolute atomic E-state index is 0.371. The third-order valence-corrected chi connectivity index (χ3v) is 46.0. The zero-order valence-electron chi connectivity index (χ0n) is 40.3. The van der Waals surface area contributed by atoms with Gasteiger partial charge in [-0.2, -0.15) is 0 Å². The molecule has 1 aromatic carbocycles. The van der Waals surface area contributed by atoms with Crippen molar-refractivity contribution in [3.8, 4) is 31.5 Å². The molecular weight excluding hydrogens is 1060 g/mol. The number of hydrogen-bond donors (Lipinski definition) is 0. The fourth-order valence-electron chi connectivity index (χ4n) is 8.39. The minimum atomic E-state index is -2.19. The Hall–Kier alpha value is 0.416. The molecule has 2 nitrogen and oxygen atoms in total. The van der Waals surface area contributed by atoms with Crippen molar-refractivity contribution in [1.29, 1.82) is 0 Å². The number of rotatable bonds is 35. The van der Waals surface area contributed by atoms with Gasteiger partial charge in [-0.25, -0.2) is 0 Å². The summed E-state index contributed by atoms with van der Waals surface area (Å²) < 4.78 is 20.9. The van der Waals surface area contributed by atoms with Crippen LogP contribution in [0.2, 0.25) is 29.6 Å². The zero-order chi connectivity index (χ0) is 42.9. The molecule has 0 bridgehead atoms. The van der Waals surface area contributed by atoms with E-state index in [1.807, 2.05) is 0 Å². The van der Waals surface area contributed by atoms with Crippen molar-refractivity contribution < 1.29 is 9.47 Å². The Kier molecular flexibility index (Phi) is 27.8. The van der Waals surface area contributed by atoms with Gasteiger partial charge in [0.15, 0.2) is 0 Å². The predicted molar refractivity (Wildman–Crippen MR) is 273 cm³/mol. The molecule has 0 radical (unpaired) electrons. The molecule has 0 spiro atoms. The van der Waals surface area contributed by atoms with Gasteiger partial charge in [0.1, 0.15) is 0 Å². The van der Waals surface area contributed by atoms with Crippen LogP contribution in [0.3, 0.4) is 0 Å². The first-order valence-corrected chi connectivity index (χ1v) is 48.5. The van der Waals surface area contributed by atoms with Crippen molar-refractivity contribution >= 4 is 70.7 Å². The molecule has 3 rings (SSSR count). The van der Waals surface area contributed by atoms with E-state index in [9.17, 15) is 0 Å². The van der Waals surface area contributed by atoms with Gasteiger partial charge in [-0.15, -0.1) is 0 Å². The topological polar surface area (TPSA) is 18.5 Å². The summed E-state index contributed by atoms with van der Waals surface area (Å²) in [6.45, 7) is 11.0. The maximum atomic E-state index is 7.20. The molecule has 0 saturated carbocycles. The molecular formula is C53H92O2Se2Sn2. The summed E-state index contributed by atoms with van der Waals surface area (Å²) in [6.07, 6.45) is 33.8. The fourth-order valence-corrected chi connectivity index (χ4v) is 28.6. The van der Waals surface area contributed by atoms with E-state index >= 15 is 0 Å². The van der Waals surface area contributed by atoms with Crippen molar-refractivity contribution in [3.63, 3.8) is 0 Å². The zero-order valence-corrected chi connectivity index (χ0v) is 49.5. The average Bonchev–Trinajstić information content (AvgIpc) is 3.91. The van der Waals surface area contributed by atoms with Crippen LogP contribution in [-0.4, -0.2) is 79.0 Å². The molecule has 0 aliphatic heterocycles. The molecule has 0 fully saturated rings. The summed E-state index contributed by atoms with van der Waals surface area (Å²) in [5.74, 6) is 3.65. The van der Waals surface area contributed by atoms with E-state index in [1.165, 1.54) is 181 Å². The fraction of sp³-hybridized carbons (Fsp3) is 0.736. The molecule has 0 amide bonds. The number of hydrogen-bond acceptors (Lipinski definition) is 2. The monoisotopic (exact) mass is 1160 g/mol. The maximum absolute atomic E-state index is 7.20. The number of benzene rings is 1. The first kappa shape index (κ1) is 53.8. The summed E-state index contributed by atoms with van der Waals surface area (Å²) in [5.41, 5.74) is 2.65. The van der Waals surface area contributed by atoms with E-state index < -0.39 is 36.8 Å². The van der Waals surface area contributed by atoms with Gasteiger partial charge in [-0.05, 0) is 0 Å². The standard InChI is InChI=1S/C47H74O2Se2.6CH3.2Sn/c1-5-9-13-17-19-23-28-40(27-21-15-11-7-3)33-34-48-44-37-43(47-32-26-36-51-47)45(38-42(44)46-31-25-35-50-46)49-39-41(29-22-16-12-8-4)30-24-20-18-14-10-6-2;;;;;;;;/h25-26,31-32,37-38,40-41H,5-24,27-30,33-34,39H2,1-4H3;6*1H3;;. The Morgan fingerprint density at radius 2 is 0.780 bits per heavy atom. The van der Waals surface area contributed by atoms with E-state index in [0.717, 1.165) is 30.6 Å². The molecule has 0 aliphatic carbocycles. The van der Waals surface area contributed by atoms with Gasteiger partial charge in [0.05, 0.1) is 0 Å². The Morgan fingerprint density at radius 1 is 0.424 bits per heavy atom. The van der Waals surface area contributed by atoms with Crippen LogP contribution in [-0.2, 0) is 0 Å². The SMILES string of the molecule is CCCCCCCCC(CCCCCC)CCOc1cc(-c2cc[c]([Sn]([CH3])([CH3])[CH3])[se]2)c(OCC(CCCCCC)CCCCCCCC)cc1-c1cc[c]([Sn]([CH3])([CH3])[CH3])[se]1. The third kappa shape index (κ3) is 21.3. The van der Waals surface area contributed by atoms with Crippen LogP contribution in [0.5, 0.6) is 11.5 Å². The molecule has 0 aliphatic rings. The molecule has 2 unspecified atom stereocenters. The Labute approximate surface area is 387 Å². The van der Waals surface area contributed by atoms with Gasteiger partial charge >= 0.3 is 351 Å². The van der Waals surface area contributed by atoms with E-state index in [4.69, 9.17) is 9.47 Å². The predicted octanol–water partition coefficient (Wildman–Crippen LogP) is 16.0. The van der Waals surface area contributed by atoms with E-state index in [1.54, 1.807) is 4.91 Å². The van der Waals surface area contributed by atoms with Crippen molar-refractivity contribution in [2.45, 2.75) is 218 Å². The normalized spacial score (nSPS) is 13.3. The first-order chi connectivity index (χ1) is 28.4. The summed E-state index contributed by atoms with van der Waals surface area (Å²) in [7, 11) is 0. The summed E-state index contributed by atoms with van der Waals surface area (Å²) >= 11 is -3.64. The van der Waals surface area contributed by atoms with Crippen LogP contribution >= 0.6 is 0 Å². The van der Waals surface area contributed by atoms with E-state index in [2.05, 4.69) is 93.7 Å². The van der Waals surface area contributed by atoms with Crippen molar-refractivity contribution in [1.82, 2.24) is 0 Å². The summed E-state index contributed by atoms with van der Waals surface area (Å²) in [4.78, 5) is 15.5. The Bertz CT molecular complexity index is 1510. The molecule has 336 valence electrons. The second-order valence-corrected chi connectivity index (χ2v) is 58.1. The molecule has 0 saturated heterocycles. The summed E-state index contributed by atoms with van der Waals surface area (Å²) in [5, 5.41) is 0. The van der Waals surface area contributed by atoms with Gasteiger partial charge in [-0.1, -0.05) is 40.0 Å². The van der Waals surface area contributed by atoms with Crippen LogP contribution in [0.25, 0.3) is 20.0 Å². The van der Waals surface area contributed by atoms with Crippen LogP contribution in [0.15, 0.2) is 36.4 Å². The number of unbranched alkanes of at least 4 members (excludes halogenated alkanes) is 16. The van der Waals surface area contributed by atoms with Crippen molar-refractivity contribution in [3.05, 3.63) is 36.4 Å². The van der Waals surface area contributed by atoms with Crippen molar-refractivity contribution in [2.75, 3.05) is 13.2 Å². The molecule has 0 N–H and O–H groups in total. The molecule has 59 heavy (non-hydrogen) atoms. The second kappa shape index (κ2) is 30.5. The van der Waals surface area contributed by atoms with Crippen LogP contribution in [0.4, 0.5) is 0 Å². The average molecular weight is 1160 g/mol. The van der Waals surface area contributed by atoms with E-state index in [-0.39, 0.29) is 0 Å². The first-order valence-electron chi connectivity index (χ1n) is 25.1. The second-order valence-electron chi connectivity index (χ2n) is 20.2.